The molecule has 190 valence electrons. The molecule has 3 aromatic carbocycles. The Bertz CT molecular complexity index is 1570. The molecule has 6 nitrogen and oxygen atoms in total. The van der Waals surface area contributed by atoms with Crippen LogP contribution in [0.15, 0.2) is 96.7 Å². The molecule has 38 heavy (non-hydrogen) atoms. The van der Waals surface area contributed by atoms with E-state index in [2.05, 4.69) is 0 Å². The van der Waals surface area contributed by atoms with Gasteiger partial charge in [0.15, 0.2) is 5.11 Å². The zero-order chi connectivity index (χ0) is 27.0. The number of benzene rings is 3. The molecule has 4 aromatic rings. The Morgan fingerprint density at radius 1 is 0.711 bits per heavy atom. The lowest BCUT2D eigenvalue weighted by atomic mass is 10.1. The zero-order valence-corrected chi connectivity index (χ0v) is 22.6. The van der Waals surface area contributed by atoms with E-state index < -0.39 is 11.8 Å². The predicted molar refractivity (Wildman–Crippen MR) is 158 cm³/mol. The highest BCUT2D eigenvalue weighted by Gasteiger charge is 2.41. The maximum absolute atomic E-state index is 13.9. The van der Waals surface area contributed by atoms with Gasteiger partial charge in [-0.1, -0.05) is 24.3 Å². The zero-order valence-electron chi connectivity index (χ0n) is 21.8. The second-order valence-electron chi connectivity index (χ2n) is 9.44. The lowest BCUT2D eigenvalue weighted by Crippen LogP contribution is -2.57. The molecule has 2 heterocycles. The van der Waals surface area contributed by atoms with Crippen LogP contribution in [0.5, 0.6) is 0 Å². The van der Waals surface area contributed by atoms with Gasteiger partial charge in [0.25, 0.3) is 11.8 Å². The minimum atomic E-state index is -0.456. The van der Waals surface area contributed by atoms with Crippen molar-refractivity contribution in [3.63, 3.8) is 0 Å². The number of thiocarbonyl (C=S) groups is 1. The van der Waals surface area contributed by atoms with Gasteiger partial charge in [-0.2, -0.15) is 0 Å². The Morgan fingerprint density at radius 2 is 1.34 bits per heavy atom. The number of aromatic nitrogens is 1. The maximum Gasteiger partial charge on any atom is 0.270 e. The average molecular weight is 521 g/mol. The van der Waals surface area contributed by atoms with E-state index in [1.54, 1.807) is 6.08 Å². The standard InChI is InChI=1S/C31H28N4O2S/c1-21-12-13-27(19-22(21)2)35-30(37)28(29(36)34(31(35)38)25-9-6-5-7-10-25)20-26-11-8-18-33(26)24-16-14-23(15-17-24)32(3)4/h5-20H,1-4H3/b28-20-. The first kappa shape index (κ1) is 25.2. The van der Waals surface area contributed by atoms with Crippen LogP contribution in [0, 0.1) is 13.8 Å². The van der Waals surface area contributed by atoms with Crippen molar-refractivity contribution >= 4 is 52.3 Å². The van der Waals surface area contributed by atoms with Crippen LogP contribution < -0.4 is 14.7 Å². The Kier molecular flexibility index (Phi) is 6.70. The van der Waals surface area contributed by atoms with E-state index in [1.165, 1.54) is 9.80 Å². The minimum absolute atomic E-state index is 0.0329. The summed E-state index contributed by atoms with van der Waals surface area (Å²) in [7, 11) is 3.98. The van der Waals surface area contributed by atoms with E-state index in [1.807, 2.05) is 129 Å². The number of hydrogen-bond acceptors (Lipinski definition) is 4. The van der Waals surface area contributed by atoms with Crippen molar-refractivity contribution in [2.24, 2.45) is 0 Å². The van der Waals surface area contributed by atoms with Crippen LogP contribution in [0.4, 0.5) is 17.1 Å². The molecule has 0 unspecified atom stereocenters. The van der Waals surface area contributed by atoms with Crippen molar-refractivity contribution in [2.75, 3.05) is 28.8 Å². The second-order valence-corrected chi connectivity index (χ2v) is 9.80. The normalized spacial score (nSPS) is 14.9. The van der Waals surface area contributed by atoms with Crippen LogP contribution in [-0.2, 0) is 9.59 Å². The van der Waals surface area contributed by atoms with E-state index in [4.69, 9.17) is 12.2 Å². The van der Waals surface area contributed by atoms with Crippen LogP contribution in [0.3, 0.4) is 0 Å². The summed E-state index contributed by atoms with van der Waals surface area (Å²) in [6.07, 6.45) is 3.56. The van der Waals surface area contributed by atoms with Crippen molar-refractivity contribution in [1.82, 2.24) is 4.57 Å². The summed E-state index contributed by atoms with van der Waals surface area (Å²) in [5.74, 6) is -0.909. The molecular weight excluding hydrogens is 492 g/mol. The lowest BCUT2D eigenvalue weighted by molar-refractivity contribution is -0.120. The van der Waals surface area contributed by atoms with Gasteiger partial charge in [-0.25, -0.2) is 0 Å². The number of hydrogen-bond donors (Lipinski definition) is 0. The molecule has 2 amide bonds. The third-order valence-electron chi connectivity index (χ3n) is 6.73. The summed E-state index contributed by atoms with van der Waals surface area (Å²) in [6, 6.07) is 26.8. The first-order valence-electron chi connectivity index (χ1n) is 12.3. The van der Waals surface area contributed by atoms with Crippen molar-refractivity contribution in [1.29, 1.82) is 0 Å². The summed E-state index contributed by atoms with van der Waals surface area (Å²) in [5, 5.41) is 0.126. The predicted octanol–water partition coefficient (Wildman–Crippen LogP) is 5.91. The first-order chi connectivity index (χ1) is 18.3. The highest BCUT2D eigenvalue weighted by molar-refractivity contribution is 7.81. The molecule has 0 spiro atoms. The molecular formula is C31H28N4O2S. The quantitative estimate of drug-likeness (QED) is 0.187. The number of nitrogens with zero attached hydrogens (tertiary/aromatic N) is 4. The van der Waals surface area contributed by atoms with Gasteiger partial charge in [0, 0.05) is 37.4 Å². The molecule has 1 aromatic heterocycles. The molecule has 0 bridgehead atoms. The van der Waals surface area contributed by atoms with E-state index in [-0.39, 0.29) is 10.7 Å². The van der Waals surface area contributed by atoms with Crippen LogP contribution in [0.2, 0.25) is 0 Å². The summed E-state index contributed by atoms with van der Waals surface area (Å²) < 4.78 is 1.95. The number of carbonyl (C=O) groups excluding carboxylic acids is 2. The fraction of sp³-hybridized carbons (Fsp3) is 0.129. The Balaban J connectivity index is 1.63. The topological polar surface area (TPSA) is 48.8 Å². The first-order valence-corrected chi connectivity index (χ1v) is 12.7. The van der Waals surface area contributed by atoms with E-state index in [0.717, 1.165) is 22.5 Å². The van der Waals surface area contributed by atoms with Gasteiger partial charge in [0.1, 0.15) is 5.57 Å². The minimum Gasteiger partial charge on any atom is -0.378 e. The number of rotatable bonds is 5. The Labute approximate surface area is 228 Å². The number of carbonyl (C=O) groups is 2. The highest BCUT2D eigenvalue weighted by atomic mass is 32.1. The Hall–Kier alpha value is -4.49. The molecule has 0 radical (unpaired) electrons. The third-order valence-corrected chi connectivity index (χ3v) is 7.09. The van der Waals surface area contributed by atoms with E-state index in [9.17, 15) is 9.59 Å². The molecule has 1 saturated heterocycles. The van der Waals surface area contributed by atoms with Crippen LogP contribution in [0.1, 0.15) is 16.8 Å². The SMILES string of the molecule is Cc1ccc(N2C(=O)/C(=C\c3cccn3-c3ccc(N(C)C)cc3)C(=O)N(c3ccccc3)C2=S)cc1C. The maximum atomic E-state index is 13.9. The van der Waals surface area contributed by atoms with Crippen molar-refractivity contribution in [3.05, 3.63) is 114 Å². The molecule has 7 heteroatoms. The van der Waals surface area contributed by atoms with Gasteiger partial charge in [-0.15, -0.1) is 0 Å². The Morgan fingerprint density at radius 3 is 1.97 bits per heavy atom. The van der Waals surface area contributed by atoms with Crippen LogP contribution in [-0.4, -0.2) is 35.6 Å². The van der Waals surface area contributed by atoms with Gasteiger partial charge in [0.2, 0.25) is 0 Å². The van der Waals surface area contributed by atoms with Crippen molar-refractivity contribution in [3.8, 4) is 5.69 Å². The van der Waals surface area contributed by atoms with Gasteiger partial charge in [-0.3, -0.25) is 19.4 Å². The fourth-order valence-corrected chi connectivity index (χ4v) is 4.81. The second kappa shape index (κ2) is 10.1. The monoisotopic (exact) mass is 520 g/mol. The highest BCUT2D eigenvalue weighted by Crippen LogP contribution is 2.31. The molecule has 0 N–H and O–H groups in total. The van der Waals surface area contributed by atoms with Gasteiger partial charge >= 0.3 is 0 Å². The van der Waals surface area contributed by atoms with Crippen LogP contribution >= 0.6 is 12.2 Å². The van der Waals surface area contributed by atoms with E-state index >= 15 is 0 Å². The van der Waals surface area contributed by atoms with Crippen molar-refractivity contribution in [2.45, 2.75) is 13.8 Å². The molecule has 1 aliphatic heterocycles. The average Bonchev–Trinajstić information content (AvgIpc) is 3.37. The van der Waals surface area contributed by atoms with Crippen LogP contribution in [0.25, 0.3) is 11.8 Å². The summed E-state index contributed by atoms with van der Waals surface area (Å²) >= 11 is 5.75. The molecule has 1 fully saturated rings. The lowest BCUT2D eigenvalue weighted by Gasteiger charge is -2.36. The van der Waals surface area contributed by atoms with E-state index in [0.29, 0.717) is 17.1 Å². The molecule has 0 aliphatic carbocycles. The number of para-hydroxylation sites is 1. The molecule has 1 aliphatic rings. The third kappa shape index (κ3) is 4.53. The summed E-state index contributed by atoms with van der Waals surface area (Å²) in [4.78, 5) is 32.7. The van der Waals surface area contributed by atoms with Gasteiger partial charge in [0.05, 0.1) is 11.4 Å². The summed E-state index contributed by atoms with van der Waals surface area (Å²) in [6.45, 7) is 4.00. The largest absolute Gasteiger partial charge is 0.378 e. The smallest absolute Gasteiger partial charge is 0.270 e. The molecule has 0 atom stereocenters. The fourth-order valence-electron chi connectivity index (χ4n) is 4.43. The summed E-state index contributed by atoms with van der Waals surface area (Å²) in [5.41, 5.74) is 6.10. The van der Waals surface area contributed by atoms with Gasteiger partial charge < -0.3 is 9.47 Å². The molecule has 5 rings (SSSR count). The molecule has 0 saturated carbocycles. The number of amides is 2. The van der Waals surface area contributed by atoms with Crippen molar-refractivity contribution < 1.29 is 9.59 Å². The number of anilines is 3. The van der Waals surface area contributed by atoms with Gasteiger partial charge in [-0.05, 0) is 104 Å². The number of aryl methyl sites for hydroxylation is 2.